The number of amides is 2. The summed E-state index contributed by atoms with van der Waals surface area (Å²) in [5.41, 5.74) is 0.0268. The molecule has 1 aliphatic heterocycles. The van der Waals surface area contributed by atoms with E-state index in [1.807, 2.05) is 0 Å². The van der Waals surface area contributed by atoms with E-state index in [0.717, 1.165) is 11.8 Å². The molecule has 1 unspecified atom stereocenters. The van der Waals surface area contributed by atoms with Crippen molar-refractivity contribution in [1.82, 2.24) is 24.6 Å². The first kappa shape index (κ1) is 21.9. The highest BCUT2D eigenvalue weighted by Gasteiger charge is 2.30. The molecular weight excluding hydrogens is 454 g/mol. The third-order valence-electron chi connectivity index (χ3n) is 5.02. The van der Waals surface area contributed by atoms with Gasteiger partial charge in [-0.15, -0.1) is 21.5 Å². The van der Waals surface area contributed by atoms with Crippen LogP contribution in [0.2, 0.25) is 0 Å². The Morgan fingerprint density at radius 2 is 2.22 bits per heavy atom. The second-order valence-electron chi connectivity index (χ2n) is 7.18. The van der Waals surface area contributed by atoms with E-state index in [-0.39, 0.29) is 35.5 Å². The molecule has 1 aromatic carbocycles. The van der Waals surface area contributed by atoms with Gasteiger partial charge in [-0.05, 0) is 36.7 Å². The molecule has 2 amide bonds. The van der Waals surface area contributed by atoms with Crippen molar-refractivity contribution in [3.63, 3.8) is 0 Å². The zero-order valence-electron chi connectivity index (χ0n) is 17.0. The summed E-state index contributed by atoms with van der Waals surface area (Å²) >= 11 is 2.43. The zero-order chi connectivity index (χ0) is 22.7. The van der Waals surface area contributed by atoms with Gasteiger partial charge in [0.1, 0.15) is 6.33 Å². The largest absolute Gasteiger partial charge is 0.338 e. The lowest BCUT2D eigenvalue weighted by Gasteiger charge is -2.32. The number of nitrogens with zero attached hydrogens (tertiary/aromatic N) is 6. The highest BCUT2D eigenvalue weighted by atomic mass is 32.2. The Bertz CT molecular complexity index is 1150. The minimum Gasteiger partial charge on any atom is -0.338 e. The molecule has 1 atom stereocenters. The van der Waals surface area contributed by atoms with Crippen LogP contribution in [-0.4, -0.2) is 54.5 Å². The molecule has 0 aliphatic carbocycles. The molecule has 166 valence electrons. The van der Waals surface area contributed by atoms with Gasteiger partial charge in [0.05, 0.1) is 15.7 Å². The molecule has 11 nitrogen and oxygen atoms in total. The lowest BCUT2D eigenvalue weighted by molar-refractivity contribution is -0.387. The molecule has 1 fully saturated rings. The normalized spacial score (nSPS) is 16.0. The lowest BCUT2D eigenvalue weighted by atomic mass is 9.96. The first-order valence-corrected chi connectivity index (χ1v) is 11.4. The standard InChI is InChI=1S/C19H19N7O4S2/c1-24-11-21-23-19(24)32-15-5-4-12(9-14(15)26(29)30)17(28)25-7-2-3-13(10-25)16(27)22-18-20-6-8-31-18/h4-6,8-9,11,13H,2-3,7,10H2,1H3,(H,20,22,27). The van der Waals surface area contributed by atoms with Gasteiger partial charge in [0.15, 0.2) is 10.3 Å². The van der Waals surface area contributed by atoms with E-state index in [2.05, 4.69) is 20.5 Å². The number of thiazole rings is 1. The van der Waals surface area contributed by atoms with Gasteiger partial charge in [-0.1, -0.05) is 0 Å². The highest BCUT2D eigenvalue weighted by molar-refractivity contribution is 7.99. The Morgan fingerprint density at radius 1 is 1.38 bits per heavy atom. The molecule has 1 saturated heterocycles. The second kappa shape index (κ2) is 9.44. The molecule has 1 N–H and O–H groups in total. The quantitative estimate of drug-likeness (QED) is 0.426. The van der Waals surface area contributed by atoms with Crippen LogP contribution in [0, 0.1) is 16.0 Å². The summed E-state index contributed by atoms with van der Waals surface area (Å²) in [6.45, 7) is 0.738. The van der Waals surface area contributed by atoms with Crippen LogP contribution in [0.1, 0.15) is 23.2 Å². The SMILES string of the molecule is Cn1cnnc1Sc1ccc(C(=O)N2CCCC(C(=O)Nc3nccs3)C2)cc1[N+](=O)[O-]. The van der Waals surface area contributed by atoms with Gasteiger partial charge in [0.25, 0.3) is 11.6 Å². The molecule has 3 heterocycles. The van der Waals surface area contributed by atoms with Crippen molar-refractivity contribution >= 4 is 45.7 Å². The predicted octanol–water partition coefficient (Wildman–Crippen LogP) is 2.82. The Kier molecular flexibility index (Phi) is 6.46. The number of nitro groups is 1. The topological polar surface area (TPSA) is 136 Å². The number of anilines is 1. The summed E-state index contributed by atoms with van der Waals surface area (Å²) in [7, 11) is 1.74. The number of benzene rings is 1. The average Bonchev–Trinajstić information content (AvgIpc) is 3.45. The maximum absolute atomic E-state index is 13.1. The van der Waals surface area contributed by atoms with Gasteiger partial charge in [0.2, 0.25) is 5.91 Å². The number of nitro benzene ring substituents is 1. The van der Waals surface area contributed by atoms with Crippen molar-refractivity contribution in [1.29, 1.82) is 0 Å². The minimum absolute atomic E-state index is 0.182. The van der Waals surface area contributed by atoms with Crippen molar-refractivity contribution in [2.45, 2.75) is 22.9 Å². The van der Waals surface area contributed by atoms with E-state index in [9.17, 15) is 19.7 Å². The Hall–Kier alpha value is -3.32. The molecule has 32 heavy (non-hydrogen) atoms. The molecule has 4 rings (SSSR count). The van der Waals surface area contributed by atoms with E-state index >= 15 is 0 Å². The smallest absolute Gasteiger partial charge is 0.284 e. The first-order chi connectivity index (χ1) is 15.4. The number of hydrogen-bond donors (Lipinski definition) is 1. The third-order valence-corrected chi connectivity index (χ3v) is 6.82. The Balaban J connectivity index is 1.49. The summed E-state index contributed by atoms with van der Waals surface area (Å²) in [4.78, 5) is 42.7. The molecule has 0 bridgehead atoms. The van der Waals surface area contributed by atoms with Crippen molar-refractivity contribution in [3.05, 3.63) is 51.8 Å². The average molecular weight is 474 g/mol. The van der Waals surface area contributed by atoms with Gasteiger partial charge in [-0.2, -0.15) is 0 Å². The second-order valence-corrected chi connectivity index (χ2v) is 9.09. The number of hydrogen-bond acceptors (Lipinski definition) is 9. The fraction of sp³-hybridized carbons (Fsp3) is 0.316. The number of aromatic nitrogens is 4. The van der Waals surface area contributed by atoms with Gasteiger partial charge >= 0.3 is 0 Å². The molecule has 2 aromatic heterocycles. The third kappa shape index (κ3) is 4.78. The fourth-order valence-corrected chi connectivity index (χ4v) is 4.78. The number of carbonyl (C=O) groups is 2. The number of aryl methyl sites for hydroxylation is 1. The van der Waals surface area contributed by atoms with Gasteiger partial charge < -0.3 is 14.8 Å². The van der Waals surface area contributed by atoms with E-state index in [4.69, 9.17) is 0 Å². The number of rotatable bonds is 6. The van der Waals surface area contributed by atoms with Crippen LogP contribution in [0.5, 0.6) is 0 Å². The number of piperidine rings is 1. The Morgan fingerprint density at radius 3 is 2.91 bits per heavy atom. The van der Waals surface area contributed by atoms with Crippen LogP contribution in [0.3, 0.4) is 0 Å². The molecular formula is C19H19N7O4S2. The fourth-order valence-electron chi connectivity index (χ4n) is 3.39. The number of carbonyl (C=O) groups excluding carboxylic acids is 2. The van der Waals surface area contributed by atoms with Crippen LogP contribution in [-0.2, 0) is 11.8 Å². The lowest BCUT2D eigenvalue weighted by Crippen LogP contribution is -2.43. The molecule has 0 spiro atoms. The molecule has 3 aromatic rings. The Labute approximate surface area is 191 Å². The van der Waals surface area contributed by atoms with Gasteiger partial charge in [-0.3, -0.25) is 19.7 Å². The van der Waals surface area contributed by atoms with Gasteiger partial charge in [0, 0.05) is 43.3 Å². The number of likely N-dealkylation sites (tertiary alicyclic amines) is 1. The molecule has 0 radical (unpaired) electrons. The molecule has 0 saturated carbocycles. The van der Waals surface area contributed by atoms with Crippen LogP contribution in [0.4, 0.5) is 10.8 Å². The minimum atomic E-state index is -0.518. The maximum Gasteiger partial charge on any atom is 0.284 e. The van der Waals surface area contributed by atoms with Crippen LogP contribution in [0.25, 0.3) is 0 Å². The highest BCUT2D eigenvalue weighted by Crippen LogP contribution is 2.34. The zero-order valence-corrected chi connectivity index (χ0v) is 18.6. The van der Waals surface area contributed by atoms with E-state index in [1.165, 1.54) is 23.7 Å². The van der Waals surface area contributed by atoms with Crippen molar-refractivity contribution in [2.75, 3.05) is 18.4 Å². The van der Waals surface area contributed by atoms with Gasteiger partial charge in [-0.25, -0.2) is 4.98 Å². The maximum atomic E-state index is 13.1. The van der Waals surface area contributed by atoms with E-state index in [1.54, 1.807) is 40.2 Å². The van der Waals surface area contributed by atoms with Crippen LogP contribution >= 0.6 is 23.1 Å². The number of nitrogens with one attached hydrogen (secondary N) is 1. The summed E-state index contributed by atoms with van der Waals surface area (Å²) in [6.07, 6.45) is 4.44. The molecule has 13 heteroatoms. The van der Waals surface area contributed by atoms with E-state index < -0.39 is 4.92 Å². The molecule has 1 aliphatic rings. The van der Waals surface area contributed by atoms with Crippen molar-refractivity contribution in [3.8, 4) is 0 Å². The summed E-state index contributed by atoms with van der Waals surface area (Å²) in [6, 6.07) is 4.38. The predicted molar refractivity (Wildman–Crippen MR) is 118 cm³/mol. The first-order valence-electron chi connectivity index (χ1n) is 9.72. The summed E-state index contributed by atoms with van der Waals surface area (Å²) < 4.78 is 1.65. The van der Waals surface area contributed by atoms with E-state index in [0.29, 0.717) is 34.6 Å². The van der Waals surface area contributed by atoms with Crippen molar-refractivity contribution < 1.29 is 14.5 Å². The van der Waals surface area contributed by atoms with Crippen molar-refractivity contribution in [2.24, 2.45) is 13.0 Å². The monoisotopic (exact) mass is 473 g/mol. The summed E-state index contributed by atoms with van der Waals surface area (Å²) in [5.74, 6) is -0.883. The van der Waals surface area contributed by atoms with Crippen LogP contribution < -0.4 is 5.32 Å². The summed E-state index contributed by atoms with van der Waals surface area (Å²) in [5, 5.41) is 24.9. The van der Waals surface area contributed by atoms with Crippen LogP contribution in [0.15, 0.2) is 46.2 Å².